The standard InChI is InChI=1S/C19H30N4O4/c1-4-7-20-16(24)13-22-8-10-23(11-9-22)19(26)17(14(2)3)21-18(25)15-6-5-12-27-15/h5-6,12,14,17H,4,7-11,13H2,1-3H3,(H,20,24)(H,21,25). The largest absolute Gasteiger partial charge is 0.459 e. The summed E-state index contributed by atoms with van der Waals surface area (Å²) in [4.78, 5) is 40.8. The number of carbonyl (C=O) groups is 3. The van der Waals surface area contributed by atoms with E-state index in [9.17, 15) is 14.4 Å². The van der Waals surface area contributed by atoms with E-state index in [1.54, 1.807) is 17.0 Å². The molecule has 1 atom stereocenters. The average molecular weight is 378 g/mol. The molecule has 0 spiro atoms. The summed E-state index contributed by atoms with van der Waals surface area (Å²) in [5.74, 6) is -0.328. The number of piperazine rings is 1. The minimum absolute atomic E-state index is 0.0161. The molecule has 1 aliphatic rings. The van der Waals surface area contributed by atoms with Gasteiger partial charge in [0.15, 0.2) is 5.76 Å². The fourth-order valence-electron chi connectivity index (χ4n) is 2.98. The maximum atomic E-state index is 12.9. The lowest BCUT2D eigenvalue weighted by Crippen LogP contribution is -2.57. The van der Waals surface area contributed by atoms with Crippen molar-refractivity contribution >= 4 is 17.7 Å². The van der Waals surface area contributed by atoms with E-state index in [0.29, 0.717) is 39.3 Å². The van der Waals surface area contributed by atoms with Gasteiger partial charge in [-0.2, -0.15) is 0 Å². The summed E-state index contributed by atoms with van der Waals surface area (Å²) in [7, 11) is 0. The van der Waals surface area contributed by atoms with Gasteiger partial charge in [0, 0.05) is 32.7 Å². The predicted octanol–water partition coefficient (Wildman–Crippen LogP) is 0.704. The molecule has 0 radical (unpaired) electrons. The minimum Gasteiger partial charge on any atom is -0.459 e. The van der Waals surface area contributed by atoms with E-state index in [1.165, 1.54) is 6.26 Å². The van der Waals surface area contributed by atoms with Crippen LogP contribution in [0, 0.1) is 5.92 Å². The number of hydrogen-bond acceptors (Lipinski definition) is 5. The summed E-state index contributed by atoms with van der Waals surface area (Å²) in [5.41, 5.74) is 0. The molecule has 0 aromatic carbocycles. The van der Waals surface area contributed by atoms with E-state index in [2.05, 4.69) is 10.6 Å². The Morgan fingerprint density at radius 2 is 1.89 bits per heavy atom. The van der Waals surface area contributed by atoms with Gasteiger partial charge in [0.1, 0.15) is 6.04 Å². The van der Waals surface area contributed by atoms with Crippen molar-refractivity contribution in [1.29, 1.82) is 0 Å². The molecule has 8 nitrogen and oxygen atoms in total. The van der Waals surface area contributed by atoms with Crippen molar-refractivity contribution in [3.05, 3.63) is 24.2 Å². The van der Waals surface area contributed by atoms with Gasteiger partial charge >= 0.3 is 0 Å². The van der Waals surface area contributed by atoms with Crippen LogP contribution >= 0.6 is 0 Å². The molecule has 2 heterocycles. The molecule has 150 valence electrons. The van der Waals surface area contributed by atoms with Crippen molar-refractivity contribution in [2.24, 2.45) is 5.92 Å². The summed E-state index contributed by atoms with van der Waals surface area (Å²) in [5, 5.41) is 5.65. The third-order valence-corrected chi connectivity index (χ3v) is 4.59. The van der Waals surface area contributed by atoms with E-state index in [4.69, 9.17) is 4.42 Å². The molecule has 1 aromatic rings. The van der Waals surface area contributed by atoms with Gasteiger partial charge in [0.2, 0.25) is 11.8 Å². The fourth-order valence-corrected chi connectivity index (χ4v) is 2.98. The van der Waals surface area contributed by atoms with E-state index in [-0.39, 0.29) is 23.5 Å². The van der Waals surface area contributed by atoms with Gasteiger partial charge in [-0.05, 0) is 24.5 Å². The third-order valence-electron chi connectivity index (χ3n) is 4.59. The summed E-state index contributed by atoms with van der Waals surface area (Å²) in [6.07, 6.45) is 2.34. The topological polar surface area (TPSA) is 94.9 Å². The zero-order chi connectivity index (χ0) is 19.8. The summed E-state index contributed by atoms with van der Waals surface area (Å²) >= 11 is 0. The Kier molecular flexibility index (Phi) is 7.84. The molecule has 0 bridgehead atoms. The van der Waals surface area contributed by atoms with Gasteiger partial charge in [-0.3, -0.25) is 19.3 Å². The highest BCUT2D eigenvalue weighted by atomic mass is 16.3. The number of rotatable bonds is 8. The zero-order valence-corrected chi connectivity index (χ0v) is 16.4. The van der Waals surface area contributed by atoms with Gasteiger partial charge in [-0.25, -0.2) is 0 Å². The monoisotopic (exact) mass is 378 g/mol. The van der Waals surface area contributed by atoms with Crippen LogP contribution in [0.15, 0.2) is 22.8 Å². The van der Waals surface area contributed by atoms with E-state index in [1.807, 2.05) is 25.7 Å². The summed E-state index contributed by atoms with van der Waals surface area (Å²) < 4.78 is 5.10. The van der Waals surface area contributed by atoms with Crippen LogP contribution in [-0.2, 0) is 9.59 Å². The number of amides is 3. The normalized spacial score (nSPS) is 16.2. The molecule has 2 N–H and O–H groups in total. The number of carbonyl (C=O) groups excluding carboxylic acids is 3. The molecule has 0 saturated carbocycles. The second-order valence-corrected chi connectivity index (χ2v) is 7.12. The van der Waals surface area contributed by atoms with Crippen LogP contribution in [0.3, 0.4) is 0 Å². The van der Waals surface area contributed by atoms with Crippen LogP contribution in [0.4, 0.5) is 0 Å². The van der Waals surface area contributed by atoms with Crippen LogP contribution in [-0.4, -0.2) is 72.8 Å². The molecule has 1 aliphatic heterocycles. The number of nitrogens with zero attached hydrogens (tertiary/aromatic N) is 2. The molecule has 1 unspecified atom stereocenters. The molecule has 1 aromatic heterocycles. The number of furan rings is 1. The average Bonchev–Trinajstić information content (AvgIpc) is 3.19. The highest BCUT2D eigenvalue weighted by molar-refractivity contribution is 5.95. The van der Waals surface area contributed by atoms with Crippen LogP contribution in [0.2, 0.25) is 0 Å². The highest BCUT2D eigenvalue weighted by Gasteiger charge is 2.31. The SMILES string of the molecule is CCCNC(=O)CN1CCN(C(=O)C(NC(=O)c2ccco2)C(C)C)CC1. The summed E-state index contributed by atoms with van der Waals surface area (Å²) in [6.45, 7) is 9.22. The Hall–Kier alpha value is -2.35. The Bertz CT molecular complexity index is 622. The van der Waals surface area contributed by atoms with Crippen molar-refractivity contribution in [2.75, 3.05) is 39.3 Å². The molecular formula is C19H30N4O4. The second-order valence-electron chi connectivity index (χ2n) is 7.12. The fraction of sp³-hybridized carbons (Fsp3) is 0.632. The van der Waals surface area contributed by atoms with Crippen LogP contribution in [0.1, 0.15) is 37.7 Å². The highest BCUT2D eigenvalue weighted by Crippen LogP contribution is 2.11. The van der Waals surface area contributed by atoms with Crippen molar-refractivity contribution < 1.29 is 18.8 Å². The third kappa shape index (κ3) is 6.09. The first-order chi connectivity index (χ1) is 12.9. The molecule has 3 amide bonds. The van der Waals surface area contributed by atoms with Crippen molar-refractivity contribution in [1.82, 2.24) is 20.4 Å². The van der Waals surface area contributed by atoms with Crippen molar-refractivity contribution in [3.8, 4) is 0 Å². The lowest BCUT2D eigenvalue weighted by molar-refractivity contribution is -0.136. The first-order valence-corrected chi connectivity index (χ1v) is 9.54. The quantitative estimate of drug-likeness (QED) is 0.695. The zero-order valence-electron chi connectivity index (χ0n) is 16.4. The van der Waals surface area contributed by atoms with Gasteiger partial charge in [0.05, 0.1) is 12.8 Å². The minimum atomic E-state index is -0.609. The molecule has 8 heteroatoms. The molecule has 2 rings (SSSR count). The van der Waals surface area contributed by atoms with Gasteiger partial charge < -0.3 is 20.0 Å². The van der Waals surface area contributed by atoms with E-state index >= 15 is 0 Å². The van der Waals surface area contributed by atoms with Gasteiger partial charge in [0.25, 0.3) is 5.91 Å². The number of nitrogens with one attached hydrogen (secondary N) is 2. The Morgan fingerprint density at radius 1 is 1.19 bits per heavy atom. The molecule has 1 fully saturated rings. The lowest BCUT2D eigenvalue weighted by Gasteiger charge is -2.37. The van der Waals surface area contributed by atoms with Gasteiger partial charge in [-0.15, -0.1) is 0 Å². The smallest absolute Gasteiger partial charge is 0.287 e. The first kappa shape index (κ1) is 21.0. The Labute approximate surface area is 160 Å². The van der Waals surface area contributed by atoms with Crippen LogP contribution in [0.5, 0.6) is 0 Å². The maximum Gasteiger partial charge on any atom is 0.287 e. The Balaban J connectivity index is 1.86. The number of hydrogen-bond donors (Lipinski definition) is 2. The maximum absolute atomic E-state index is 12.9. The molecule has 0 aliphatic carbocycles. The van der Waals surface area contributed by atoms with E-state index < -0.39 is 11.9 Å². The lowest BCUT2D eigenvalue weighted by atomic mass is 10.0. The second kappa shape index (κ2) is 10.1. The van der Waals surface area contributed by atoms with Crippen molar-refractivity contribution in [2.45, 2.75) is 33.2 Å². The molecular weight excluding hydrogens is 348 g/mol. The molecule has 1 saturated heterocycles. The van der Waals surface area contributed by atoms with Crippen molar-refractivity contribution in [3.63, 3.8) is 0 Å². The summed E-state index contributed by atoms with van der Waals surface area (Å²) in [6, 6.07) is 2.60. The van der Waals surface area contributed by atoms with E-state index in [0.717, 1.165) is 6.42 Å². The van der Waals surface area contributed by atoms with Gasteiger partial charge in [-0.1, -0.05) is 20.8 Å². The Morgan fingerprint density at radius 3 is 2.44 bits per heavy atom. The first-order valence-electron chi connectivity index (χ1n) is 9.54. The van der Waals surface area contributed by atoms with Crippen LogP contribution in [0.25, 0.3) is 0 Å². The predicted molar refractivity (Wildman–Crippen MR) is 101 cm³/mol. The molecule has 27 heavy (non-hydrogen) atoms. The van der Waals surface area contributed by atoms with Crippen LogP contribution < -0.4 is 10.6 Å².